The van der Waals surface area contributed by atoms with E-state index in [0.29, 0.717) is 31.6 Å². The van der Waals surface area contributed by atoms with Crippen LogP contribution in [0.25, 0.3) is 0 Å². The average molecular weight is 735 g/mol. The number of aliphatic hydroxyl groups excluding tert-OH is 1. The Morgan fingerprint density at radius 1 is 0.981 bits per heavy atom. The number of hydrogen-bond acceptors (Lipinski definition) is 8. The number of carbonyl (C=O) groups is 2. The summed E-state index contributed by atoms with van der Waals surface area (Å²) in [5, 5.41) is 26.7. The number of oxime groups is 1. The fourth-order valence-electron chi connectivity index (χ4n) is 6.41. The Morgan fingerprint density at radius 2 is 1.67 bits per heavy atom. The number of aromatic nitrogens is 1. The van der Waals surface area contributed by atoms with Gasteiger partial charge in [-0.15, -0.1) is 0 Å². The van der Waals surface area contributed by atoms with Crippen molar-refractivity contribution < 1.29 is 28.3 Å². The molecule has 3 aromatic rings. The molecule has 0 bridgehead atoms. The first-order valence-corrected chi connectivity index (χ1v) is 19.5. The second-order valence-corrected chi connectivity index (χ2v) is 16.3. The maximum Gasteiger partial charge on any atom is 0.321 e. The lowest BCUT2D eigenvalue weighted by Crippen LogP contribution is -2.57. The van der Waals surface area contributed by atoms with E-state index in [1.165, 1.54) is 34.8 Å². The lowest BCUT2D eigenvalue weighted by molar-refractivity contribution is -0.128. The SMILES string of the molecule is CC[C@H](C)[C@@H](C(=O)N[C@@H](Cc1ccccc1)[C@@H](O)CN(CC(C)C)S(=O)(=O)c1ccc(C=NO)cc1)N1CCN(Cc2cccc(C(C)C)n2)C1=O. The van der Waals surface area contributed by atoms with Gasteiger partial charge in [0.1, 0.15) is 6.04 Å². The first kappa shape index (κ1) is 40.4. The van der Waals surface area contributed by atoms with Crippen LogP contribution in [0.3, 0.4) is 0 Å². The van der Waals surface area contributed by atoms with Crippen LogP contribution in [0.15, 0.2) is 82.8 Å². The van der Waals surface area contributed by atoms with Crippen LogP contribution in [-0.4, -0.2) is 100 Å². The van der Waals surface area contributed by atoms with Crippen LogP contribution in [-0.2, 0) is 27.8 Å². The predicted molar refractivity (Wildman–Crippen MR) is 202 cm³/mol. The van der Waals surface area contributed by atoms with Crippen molar-refractivity contribution in [2.24, 2.45) is 17.0 Å². The Labute approximate surface area is 308 Å². The normalized spacial score (nSPS) is 16.2. The molecule has 0 radical (unpaired) electrons. The summed E-state index contributed by atoms with van der Waals surface area (Å²) < 4.78 is 29.1. The Hall–Kier alpha value is -4.33. The molecular weight excluding hydrogens is 681 g/mol. The van der Waals surface area contributed by atoms with Gasteiger partial charge in [-0.1, -0.05) is 102 Å². The summed E-state index contributed by atoms with van der Waals surface area (Å²) >= 11 is 0. The molecule has 0 aliphatic carbocycles. The van der Waals surface area contributed by atoms with E-state index >= 15 is 0 Å². The fourth-order valence-corrected chi connectivity index (χ4v) is 8.04. The highest BCUT2D eigenvalue weighted by Crippen LogP contribution is 2.24. The van der Waals surface area contributed by atoms with Crippen molar-refractivity contribution in [2.45, 2.75) is 89.9 Å². The molecule has 2 heterocycles. The molecule has 0 spiro atoms. The van der Waals surface area contributed by atoms with Crippen LogP contribution in [0, 0.1) is 11.8 Å². The number of sulfonamides is 1. The highest BCUT2D eigenvalue weighted by Gasteiger charge is 2.41. The number of benzene rings is 2. The Morgan fingerprint density at radius 3 is 2.29 bits per heavy atom. The van der Waals surface area contributed by atoms with E-state index in [4.69, 9.17) is 10.2 Å². The van der Waals surface area contributed by atoms with Gasteiger partial charge in [-0.25, -0.2) is 13.2 Å². The molecule has 1 saturated heterocycles. The number of amides is 3. The number of hydrogen-bond donors (Lipinski definition) is 3. The third kappa shape index (κ3) is 10.4. The predicted octanol–water partition coefficient (Wildman–Crippen LogP) is 5.10. The third-order valence-corrected chi connectivity index (χ3v) is 11.3. The van der Waals surface area contributed by atoms with Gasteiger partial charge in [-0.05, 0) is 59.6 Å². The number of nitrogens with one attached hydrogen (secondary N) is 1. The average Bonchev–Trinajstić information content (AvgIpc) is 3.46. The largest absolute Gasteiger partial charge is 0.411 e. The van der Waals surface area contributed by atoms with Crippen molar-refractivity contribution in [1.82, 2.24) is 24.4 Å². The molecule has 2 aromatic carbocycles. The second kappa shape index (κ2) is 18.4. The smallest absolute Gasteiger partial charge is 0.321 e. The molecule has 3 amide bonds. The van der Waals surface area contributed by atoms with Crippen LogP contribution >= 0.6 is 0 Å². The highest BCUT2D eigenvalue weighted by molar-refractivity contribution is 7.89. The standard InChI is InChI=1S/C39H54N6O6S/c1-7-29(6)37(45-21-20-43(39(45)48)25-32-14-11-15-34(41-32)28(4)5)38(47)42-35(22-30-12-9-8-10-13-30)36(46)26-44(24-27(2)3)52(50,51)33-18-16-31(17-19-33)23-40-49/h8-19,23,27-29,35-37,46,49H,7,20-22,24-26H2,1-6H3,(H,42,47)/t29-,35-,36-,37-/m0/s1. The lowest BCUT2D eigenvalue weighted by atomic mass is 9.95. The lowest BCUT2D eigenvalue weighted by Gasteiger charge is -2.35. The van der Waals surface area contributed by atoms with E-state index in [0.717, 1.165) is 17.0 Å². The maximum absolute atomic E-state index is 14.3. The van der Waals surface area contributed by atoms with Gasteiger partial charge in [-0.2, -0.15) is 4.31 Å². The zero-order valence-electron chi connectivity index (χ0n) is 31.1. The molecular formula is C39H54N6O6S. The zero-order valence-corrected chi connectivity index (χ0v) is 31.9. The number of carbonyl (C=O) groups excluding carboxylic acids is 2. The minimum atomic E-state index is -4.06. The van der Waals surface area contributed by atoms with Gasteiger partial charge in [0.15, 0.2) is 0 Å². The summed E-state index contributed by atoms with van der Waals surface area (Å²) in [7, 11) is -4.06. The van der Waals surface area contributed by atoms with Crippen LogP contribution in [0.2, 0.25) is 0 Å². The molecule has 4 rings (SSSR count). The molecule has 12 nitrogen and oxygen atoms in total. The van der Waals surface area contributed by atoms with Gasteiger partial charge < -0.3 is 25.4 Å². The van der Waals surface area contributed by atoms with Crippen LogP contribution in [0.5, 0.6) is 0 Å². The van der Waals surface area contributed by atoms with Crippen molar-refractivity contribution in [3.05, 3.63) is 95.3 Å². The van der Waals surface area contributed by atoms with Crippen molar-refractivity contribution in [3.63, 3.8) is 0 Å². The second-order valence-electron chi connectivity index (χ2n) is 14.3. The van der Waals surface area contributed by atoms with E-state index in [-0.39, 0.29) is 48.2 Å². The summed E-state index contributed by atoms with van der Waals surface area (Å²) in [6.07, 6.45) is 0.783. The Balaban J connectivity index is 1.59. The number of pyridine rings is 1. The minimum absolute atomic E-state index is 0.0270. The zero-order chi connectivity index (χ0) is 38.0. The molecule has 52 heavy (non-hydrogen) atoms. The van der Waals surface area contributed by atoms with Gasteiger partial charge in [0.05, 0.1) is 35.5 Å². The van der Waals surface area contributed by atoms with Gasteiger partial charge in [-0.3, -0.25) is 9.78 Å². The van der Waals surface area contributed by atoms with E-state index in [9.17, 15) is 23.1 Å². The topological polar surface area (TPSA) is 156 Å². The van der Waals surface area contributed by atoms with E-state index in [1.54, 1.807) is 9.80 Å². The van der Waals surface area contributed by atoms with Crippen LogP contribution in [0.1, 0.15) is 76.4 Å². The summed E-state index contributed by atoms with van der Waals surface area (Å²) in [4.78, 5) is 36.3. The number of aliphatic hydroxyl groups is 1. The molecule has 1 fully saturated rings. The summed E-state index contributed by atoms with van der Waals surface area (Å²) in [6, 6.07) is 19.2. The molecule has 282 valence electrons. The first-order chi connectivity index (χ1) is 24.7. The van der Waals surface area contributed by atoms with E-state index in [1.807, 2.05) is 76.2 Å². The summed E-state index contributed by atoms with van der Waals surface area (Å²) in [5.41, 5.74) is 3.11. The summed E-state index contributed by atoms with van der Waals surface area (Å²) in [6.45, 7) is 12.8. The van der Waals surface area contributed by atoms with Gasteiger partial charge in [0.25, 0.3) is 0 Å². The molecule has 13 heteroatoms. The minimum Gasteiger partial charge on any atom is -0.411 e. The Kier molecular flexibility index (Phi) is 14.3. The van der Waals surface area contributed by atoms with Crippen molar-refractivity contribution in [3.8, 4) is 0 Å². The molecule has 0 unspecified atom stereocenters. The molecule has 1 aromatic heterocycles. The number of nitrogens with zero attached hydrogens (tertiary/aromatic N) is 5. The van der Waals surface area contributed by atoms with Gasteiger partial charge in [0.2, 0.25) is 15.9 Å². The van der Waals surface area contributed by atoms with Crippen molar-refractivity contribution in [1.29, 1.82) is 0 Å². The first-order valence-electron chi connectivity index (χ1n) is 18.1. The van der Waals surface area contributed by atoms with E-state index < -0.39 is 34.1 Å². The quantitative estimate of drug-likeness (QED) is 0.0933. The third-order valence-electron chi connectivity index (χ3n) is 9.46. The molecule has 4 atom stereocenters. The number of urea groups is 1. The van der Waals surface area contributed by atoms with Crippen molar-refractivity contribution in [2.75, 3.05) is 26.2 Å². The molecule has 3 N–H and O–H groups in total. The maximum atomic E-state index is 14.3. The van der Waals surface area contributed by atoms with Crippen LogP contribution < -0.4 is 5.32 Å². The molecule has 1 aliphatic rings. The van der Waals surface area contributed by atoms with Crippen LogP contribution in [0.4, 0.5) is 4.79 Å². The van der Waals surface area contributed by atoms with Gasteiger partial charge in [0, 0.05) is 31.9 Å². The molecule has 1 aliphatic heterocycles. The molecule has 0 saturated carbocycles. The fraction of sp³-hybridized carbons (Fsp3) is 0.487. The monoisotopic (exact) mass is 734 g/mol. The number of rotatable bonds is 18. The van der Waals surface area contributed by atoms with E-state index in [2.05, 4.69) is 24.3 Å². The highest BCUT2D eigenvalue weighted by atomic mass is 32.2. The van der Waals surface area contributed by atoms with Gasteiger partial charge >= 0.3 is 6.03 Å². The summed E-state index contributed by atoms with van der Waals surface area (Å²) in [5.74, 6) is -0.409. The Bertz CT molecular complexity index is 1750. The van der Waals surface area contributed by atoms with Crippen molar-refractivity contribution >= 4 is 28.2 Å².